The van der Waals surface area contributed by atoms with Crippen LogP contribution in [0.25, 0.3) is 0 Å². The van der Waals surface area contributed by atoms with Gasteiger partial charge in [0.15, 0.2) is 0 Å². The first-order chi connectivity index (χ1) is 7.72. The van der Waals surface area contributed by atoms with Gasteiger partial charge < -0.3 is 4.74 Å². The van der Waals surface area contributed by atoms with Crippen molar-refractivity contribution in [1.29, 1.82) is 0 Å². The Morgan fingerprint density at radius 1 is 1.56 bits per heavy atom. The molecule has 1 aromatic heterocycles. The lowest BCUT2D eigenvalue weighted by Gasteiger charge is -2.21. The summed E-state index contributed by atoms with van der Waals surface area (Å²) in [5.41, 5.74) is 3.92. The van der Waals surface area contributed by atoms with Gasteiger partial charge in [0, 0.05) is 17.8 Å². The largest absolute Gasteiger partial charge is 0.495 e. The first kappa shape index (κ1) is 12.9. The average molecular weight is 223 g/mol. The van der Waals surface area contributed by atoms with E-state index in [1.807, 2.05) is 6.07 Å². The minimum absolute atomic E-state index is 0.118. The van der Waals surface area contributed by atoms with Crippen LogP contribution in [-0.2, 0) is 0 Å². The van der Waals surface area contributed by atoms with Crippen molar-refractivity contribution in [3.8, 4) is 5.75 Å². The second-order valence-corrected chi connectivity index (χ2v) is 4.09. The Labute approximate surface area is 97.2 Å². The third-order valence-electron chi connectivity index (χ3n) is 2.95. The molecule has 0 spiro atoms. The Kier molecular flexibility index (Phi) is 5.22. The lowest BCUT2D eigenvalue weighted by molar-refractivity contribution is 0.372. The Hall–Kier alpha value is -1.13. The van der Waals surface area contributed by atoms with Crippen LogP contribution in [0, 0.1) is 5.92 Å². The highest BCUT2D eigenvalue weighted by molar-refractivity contribution is 5.32. The van der Waals surface area contributed by atoms with Gasteiger partial charge in [-0.2, -0.15) is 0 Å². The number of rotatable bonds is 6. The van der Waals surface area contributed by atoms with Crippen LogP contribution in [0.5, 0.6) is 5.75 Å². The third-order valence-corrected chi connectivity index (χ3v) is 2.95. The van der Waals surface area contributed by atoms with Crippen molar-refractivity contribution in [1.82, 2.24) is 10.4 Å². The van der Waals surface area contributed by atoms with Crippen molar-refractivity contribution in [2.24, 2.45) is 11.8 Å². The number of aromatic nitrogens is 1. The second kappa shape index (κ2) is 6.45. The summed E-state index contributed by atoms with van der Waals surface area (Å²) < 4.78 is 5.29. The molecule has 90 valence electrons. The van der Waals surface area contributed by atoms with Gasteiger partial charge in [-0.25, -0.2) is 0 Å². The van der Waals surface area contributed by atoms with Gasteiger partial charge in [-0.1, -0.05) is 20.3 Å². The zero-order valence-electron chi connectivity index (χ0n) is 10.2. The molecule has 0 aromatic carbocycles. The minimum Gasteiger partial charge on any atom is -0.495 e. The van der Waals surface area contributed by atoms with E-state index in [0.29, 0.717) is 5.92 Å². The van der Waals surface area contributed by atoms with Crippen LogP contribution in [0.3, 0.4) is 0 Å². The van der Waals surface area contributed by atoms with E-state index >= 15 is 0 Å². The van der Waals surface area contributed by atoms with Gasteiger partial charge >= 0.3 is 0 Å². The number of hydrogen-bond acceptors (Lipinski definition) is 4. The lowest BCUT2D eigenvalue weighted by Crippen LogP contribution is -2.29. The summed E-state index contributed by atoms with van der Waals surface area (Å²) in [6.07, 6.45) is 5.62. The maximum absolute atomic E-state index is 5.61. The summed E-state index contributed by atoms with van der Waals surface area (Å²) in [7, 11) is 1.65. The summed E-state index contributed by atoms with van der Waals surface area (Å²) >= 11 is 0. The molecule has 0 aliphatic rings. The van der Waals surface area contributed by atoms with Crippen LogP contribution >= 0.6 is 0 Å². The van der Waals surface area contributed by atoms with E-state index in [2.05, 4.69) is 24.3 Å². The quantitative estimate of drug-likeness (QED) is 0.572. The Morgan fingerprint density at radius 3 is 2.88 bits per heavy atom. The highest BCUT2D eigenvalue weighted by atomic mass is 16.5. The number of nitrogens with zero attached hydrogens (tertiary/aromatic N) is 1. The van der Waals surface area contributed by atoms with Crippen molar-refractivity contribution in [2.75, 3.05) is 7.11 Å². The molecule has 0 aliphatic heterocycles. The van der Waals surface area contributed by atoms with Crippen molar-refractivity contribution in [3.63, 3.8) is 0 Å². The predicted molar refractivity (Wildman–Crippen MR) is 64.9 cm³/mol. The zero-order chi connectivity index (χ0) is 12.0. The summed E-state index contributed by atoms with van der Waals surface area (Å²) in [6, 6.07) is 2.07. The molecule has 4 nitrogen and oxygen atoms in total. The minimum atomic E-state index is 0.118. The van der Waals surface area contributed by atoms with E-state index in [-0.39, 0.29) is 6.04 Å². The molecule has 4 heteroatoms. The molecule has 2 unspecified atom stereocenters. The Bertz CT molecular complexity index is 317. The molecule has 0 radical (unpaired) electrons. The maximum atomic E-state index is 5.61. The standard InChI is InChI=1S/C12H21N3O/c1-4-9(2)7-11(15-13)10-5-6-14-8-12(10)16-3/h5-6,8-9,11,15H,4,7,13H2,1-3H3. The van der Waals surface area contributed by atoms with Crippen LogP contribution < -0.4 is 16.0 Å². The predicted octanol–water partition coefficient (Wildman–Crippen LogP) is 2.03. The van der Waals surface area contributed by atoms with Gasteiger partial charge in [0.1, 0.15) is 5.75 Å². The molecule has 1 rings (SSSR count). The van der Waals surface area contributed by atoms with Crippen LogP contribution in [0.2, 0.25) is 0 Å². The molecule has 16 heavy (non-hydrogen) atoms. The maximum Gasteiger partial charge on any atom is 0.141 e. The zero-order valence-corrected chi connectivity index (χ0v) is 10.2. The van der Waals surface area contributed by atoms with Crippen LogP contribution in [0.1, 0.15) is 38.3 Å². The van der Waals surface area contributed by atoms with Crippen molar-refractivity contribution >= 4 is 0 Å². The smallest absolute Gasteiger partial charge is 0.141 e. The summed E-state index contributed by atoms with van der Waals surface area (Å²) in [6.45, 7) is 4.40. The van der Waals surface area contributed by atoms with E-state index in [0.717, 1.165) is 24.2 Å². The van der Waals surface area contributed by atoms with Crippen LogP contribution in [-0.4, -0.2) is 12.1 Å². The second-order valence-electron chi connectivity index (χ2n) is 4.09. The monoisotopic (exact) mass is 223 g/mol. The highest BCUT2D eigenvalue weighted by Crippen LogP contribution is 2.28. The fourth-order valence-corrected chi connectivity index (χ4v) is 1.70. The van der Waals surface area contributed by atoms with Crippen LogP contribution in [0.15, 0.2) is 18.5 Å². The van der Waals surface area contributed by atoms with Crippen LogP contribution in [0.4, 0.5) is 0 Å². The molecule has 1 heterocycles. The molecular weight excluding hydrogens is 202 g/mol. The van der Waals surface area contributed by atoms with E-state index < -0.39 is 0 Å². The molecule has 0 amide bonds. The van der Waals surface area contributed by atoms with Gasteiger partial charge in [-0.15, -0.1) is 0 Å². The molecule has 0 aliphatic carbocycles. The normalized spacial score (nSPS) is 14.5. The number of ether oxygens (including phenoxy) is 1. The number of hydrazine groups is 1. The van der Waals surface area contributed by atoms with Gasteiger partial charge in [-0.05, 0) is 18.4 Å². The van der Waals surface area contributed by atoms with E-state index in [4.69, 9.17) is 10.6 Å². The number of methoxy groups -OCH3 is 1. The lowest BCUT2D eigenvalue weighted by atomic mass is 9.95. The van der Waals surface area contributed by atoms with E-state index in [1.165, 1.54) is 0 Å². The third kappa shape index (κ3) is 3.18. The molecular formula is C12H21N3O. The molecule has 2 atom stereocenters. The van der Waals surface area contributed by atoms with Crippen molar-refractivity contribution in [2.45, 2.75) is 32.7 Å². The summed E-state index contributed by atoms with van der Waals surface area (Å²) in [5.74, 6) is 7.02. The first-order valence-corrected chi connectivity index (χ1v) is 5.66. The van der Waals surface area contributed by atoms with Crippen molar-refractivity contribution in [3.05, 3.63) is 24.0 Å². The number of pyridine rings is 1. The summed E-state index contributed by atoms with van der Waals surface area (Å²) in [4.78, 5) is 4.04. The fraction of sp³-hybridized carbons (Fsp3) is 0.583. The highest BCUT2D eigenvalue weighted by Gasteiger charge is 2.16. The van der Waals surface area contributed by atoms with Gasteiger partial charge in [-0.3, -0.25) is 16.3 Å². The topological polar surface area (TPSA) is 60.2 Å². The van der Waals surface area contributed by atoms with Gasteiger partial charge in [0.05, 0.1) is 13.3 Å². The molecule has 1 aromatic rings. The number of nitrogens with two attached hydrogens (primary N) is 1. The number of hydrogen-bond donors (Lipinski definition) is 2. The fourth-order valence-electron chi connectivity index (χ4n) is 1.70. The number of nitrogens with one attached hydrogen (secondary N) is 1. The first-order valence-electron chi connectivity index (χ1n) is 5.66. The molecule has 0 saturated heterocycles. The molecule has 0 fully saturated rings. The average Bonchev–Trinajstić information content (AvgIpc) is 2.35. The molecule has 3 N–H and O–H groups in total. The Morgan fingerprint density at radius 2 is 2.31 bits per heavy atom. The van der Waals surface area contributed by atoms with Crippen molar-refractivity contribution < 1.29 is 4.74 Å². The molecule has 0 saturated carbocycles. The Balaban J connectivity index is 2.85. The SMILES string of the molecule is CCC(C)CC(NN)c1ccncc1OC. The molecule has 0 bridgehead atoms. The van der Waals surface area contributed by atoms with Gasteiger partial charge in [0.25, 0.3) is 0 Å². The van der Waals surface area contributed by atoms with E-state index in [9.17, 15) is 0 Å². The van der Waals surface area contributed by atoms with E-state index in [1.54, 1.807) is 19.5 Å². The summed E-state index contributed by atoms with van der Waals surface area (Å²) in [5, 5.41) is 0. The van der Waals surface area contributed by atoms with Gasteiger partial charge in [0.2, 0.25) is 0 Å².